The number of hydrogen-bond acceptors (Lipinski definition) is 5. The van der Waals surface area contributed by atoms with Crippen molar-refractivity contribution in [3.05, 3.63) is 133 Å². The zero-order valence-corrected chi connectivity index (χ0v) is 22.7. The highest BCUT2D eigenvalue weighted by Gasteiger charge is 2.21. The fourth-order valence-electron chi connectivity index (χ4n) is 5.34. The van der Waals surface area contributed by atoms with Crippen molar-refractivity contribution >= 4 is 32.3 Å². The Labute approximate surface area is 241 Å². The summed E-state index contributed by atoms with van der Waals surface area (Å²) in [6.45, 7) is 0. The first-order valence-electron chi connectivity index (χ1n) is 13.5. The lowest BCUT2D eigenvalue weighted by atomic mass is 10.0. The minimum absolute atomic E-state index is 0.650. The second-order valence-corrected chi connectivity index (χ2v) is 10.9. The summed E-state index contributed by atoms with van der Waals surface area (Å²) >= 11 is 1.81. The number of fused-ring (bicyclic) bond motifs is 5. The number of benzene rings is 5. The van der Waals surface area contributed by atoms with E-state index in [0.717, 1.165) is 33.5 Å². The second kappa shape index (κ2) is 9.73. The first-order chi connectivity index (χ1) is 20.3. The van der Waals surface area contributed by atoms with Crippen molar-refractivity contribution in [1.29, 1.82) is 0 Å². The van der Waals surface area contributed by atoms with Gasteiger partial charge in [-0.1, -0.05) is 121 Å². The third-order valence-electron chi connectivity index (χ3n) is 7.33. The molecular weight excluding hydrogens is 520 g/mol. The van der Waals surface area contributed by atoms with Crippen LogP contribution < -0.4 is 0 Å². The van der Waals surface area contributed by atoms with Gasteiger partial charge in [0.05, 0.1) is 11.2 Å². The Kier molecular flexibility index (Phi) is 5.61. The lowest BCUT2D eigenvalue weighted by Crippen LogP contribution is -2.00. The zero-order valence-electron chi connectivity index (χ0n) is 21.9. The molecule has 5 aromatic carbocycles. The smallest absolute Gasteiger partial charge is 0.164 e. The van der Waals surface area contributed by atoms with E-state index >= 15 is 0 Å². The molecule has 6 aromatic rings. The average molecular weight is 543 g/mol. The Bertz CT molecular complexity index is 2080. The van der Waals surface area contributed by atoms with Crippen molar-refractivity contribution in [3.63, 3.8) is 0 Å². The van der Waals surface area contributed by atoms with Crippen LogP contribution in [0.25, 0.3) is 76.9 Å². The first-order valence-corrected chi connectivity index (χ1v) is 14.3. The molecule has 0 N–H and O–H groups in total. The molecule has 0 radical (unpaired) electrons. The van der Waals surface area contributed by atoms with Gasteiger partial charge in [-0.15, -0.1) is 11.3 Å². The third-order valence-corrected chi connectivity index (χ3v) is 8.55. The molecule has 2 aliphatic rings. The van der Waals surface area contributed by atoms with Crippen LogP contribution in [-0.4, -0.2) is 19.9 Å². The molecule has 41 heavy (non-hydrogen) atoms. The number of hydrogen-bond donors (Lipinski definition) is 0. The van der Waals surface area contributed by atoms with Gasteiger partial charge in [-0.2, -0.15) is 0 Å². The molecule has 0 amide bonds. The molecule has 192 valence electrons. The van der Waals surface area contributed by atoms with E-state index in [0.29, 0.717) is 17.5 Å². The summed E-state index contributed by atoms with van der Waals surface area (Å²) in [7, 11) is 0. The van der Waals surface area contributed by atoms with Gasteiger partial charge in [0.2, 0.25) is 0 Å². The van der Waals surface area contributed by atoms with Crippen LogP contribution in [0.3, 0.4) is 0 Å². The maximum atomic E-state index is 5.05. The molecular formula is C36H22N4S. The molecule has 8 rings (SSSR count). The van der Waals surface area contributed by atoms with Gasteiger partial charge in [0.25, 0.3) is 0 Å². The minimum atomic E-state index is 0.650. The molecule has 2 aliphatic heterocycles. The molecule has 0 aliphatic carbocycles. The Morgan fingerprint density at radius 2 is 0.878 bits per heavy atom. The van der Waals surface area contributed by atoms with Gasteiger partial charge in [-0.25, -0.2) is 19.9 Å². The summed E-state index contributed by atoms with van der Waals surface area (Å²) in [6, 6.07) is 45.6. The average Bonchev–Trinajstić information content (AvgIpc) is 3.45. The molecule has 5 heteroatoms. The molecule has 0 atom stereocenters. The highest BCUT2D eigenvalue weighted by atomic mass is 32.1. The zero-order chi connectivity index (χ0) is 27.2. The van der Waals surface area contributed by atoms with E-state index in [-0.39, 0.29) is 0 Å². The van der Waals surface area contributed by atoms with E-state index in [2.05, 4.69) is 72.8 Å². The van der Waals surface area contributed by atoms with Gasteiger partial charge in [0, 0.05) is 42.6 Å². The van der Waals surface area contributed by atoms with Crippen molar-refractivity contribution < 1.29 is 0 Å². The quantitative estimate of drug-likeness (QED) is 0.222. The molecule has 1 aromatic heterocycles. The molecule has 0 saturated heterocycles. The maximum Gasteiger partial charge on any atom is 0.164 e. The Balaban J connectivity index is 1.28. The topological polar surface area (TPSA) is 51.6 Å². The number of aromatic nitrogens is 4. The Hall–Kier alpha value is -5.26. The van der Waals surface area contributed by atoms with E-state index in [1.54, 1.807) is 0 Å². The van der Waals surface area contributed by atoms with E-state index in [1.807, 2.05) is 72.0 Å². The van der Waals surface area contributed by atoms with E-state index in [4.69, 9.17) is 19.9 Å². The second-order valence-electron chi connectivity index (χ2n) is 9.90. The van der Waals surface area contributed by atoms with Crippen molar-refractivity contribution in [1.82, 2.24) is 19.9 Å². The van der Waals surface area contributed by atoms with Crippen LogP contribution in [0.4, 0.5) is 0 Å². The molecule has 0 fully saturated rings. The predicted octanol–water partition coefficient (Wildman–Crippen LogP) is 9.41. The van der Waals surface area contributed by atoms with E-state index in [9.17, 15) is 0 Å². The summed E-state index contributed by atoms with van der Waals surface area (Å²) in [6.07, 6.45) is 0. The third kappa shape index (κ3) is 4.15. The minimum Gasteiger partial charge on any atom is -0.247 e. The number of para-hydroxylation sites is 1. The Morgan fingerprint density at radius 1 is 0.390 bits per heavy atom. The van der Waals surface area contributed by atoms with Crippen LogP contribution in [0, 0.1) is 0 Å². The van der Waals surface area contributed by atoms with Crippen LogP contribution in [0.2, 0.25) is 0 Å². The SMILES string of the molecule is c1ccc(-c2nc(-c3ccccc3)nc(-c3ccc(-c4sc5ccccc5c5nc6ccccc6c4-5)cc3)n2)cc1. The molecule has 0 spiro atoms. The normalized spacial score (nSPS) is 11.4. The lowest BCUT2D eigenvalue weighted by Gasteiger charge is -2.12. The van der Waals surface area contributed by atoms with Crippen LogP contribution in [0.15, 0.2) is 133 Å². The molecule has 0 saturated carbocycles. The van der Waals surface area contributed by atoms with Gasteiger partial charge in [0.1, 0.15) is 0 Å². The molecule has 0 bridgehead atoms. The monoisotopic (exact) mass is 542 g/mol. The fraction of sp³-hybridized carbons (Fsp3) is 0. The standard InChI is InChI=1S/C36H22N4S/c1-3-11-24(12-4-1)34-38-35(25-13-5-2-6-14-25)40-36(39-34)26-21-19-23(20-22-26)33-31-27-15-7-9-17-29(27)37-32(31)28-16-8-10-18-30(28)41-33/h1-22H. The highest BCUT2D eigenvalue weighted by Crippen LogP contribution is 2.46. The summed E-state index contributed by atoms with van der Waals surface area (Å²) in [5.74, 6) is 1.97. The van der Waals surface area contributed by atoms with Gasteiger partial charge < -0.3 is 0 Å². The van der Waals surface area contributed by atoms with Crippen molar-refractivity contribution in [3.8, 4) is 55.9 Å². The molecule has 3 heterocycles. The van der Waals surface area contributed by atoms with Crippen LogP contribution in [-0.2, 0) is 0 Å². The fourth-order valence-corrected chi connectivity index (χ4v) is 6.54. The maximum absolute atomic E-state index is 5.05. The summed E-state index contributed by atoms with van der Waals surface area (Å²) < 4.78 is 1.22. The first kappa shape index (κ1) is 23.6. The van der Waals surface area contributed by atoms with Crippen LogP contribution in [0.5, 0.6) is 0 Å². The van der Waals surface area contributed by atoms with Crippen molar-refractivity contribution in [2.45, 2.75) is 0 Å². The highest BCUT2D eigenvalue weighted by molar-refractivity contribution is 7.22. The summed E-state index contributed by atoms with van der Waals surface area (Å²) in [5, 5.41) is 2.37. The van der Waals surface area contributed by atoms with Gasteiger partial charge in [-0.05, 0) is 17.7 Å². The Morgan fingerprint density at radius 3 is 1.51 bits per heavy atom. The van der Waals surface area contributed by atoms with E-state index < -0.39 is 0 Å². The van der Waals surface area contributed by atoms with Gasteiger partial charge in [0.15, 0.2) is 17.5 Å². The summed E-state index contributed by atoms with van der Waals surface area (Å²) in [4.78, 5) is 20.9. The van der Waals surface area contributed by atoms with Gasteiger partial charge in [-0.3, -0.25) is 0 Å². The largest absolute Gasteiger partial charge is 0.247 e. The van der Waals surface area contributed by atoms with Crippen molar-refractivity contribution in [2.24, 2.45) is 0 Å². The summed E-state index contributed by atoms with van der Waals surface area (Å²) in [5.41, 5.74) is 7.29. The van der Waals surface area contributed by atoms with Gasteiger partial charge >= 0.3 is 0 Å². The molecule has 0 unspecified atom stereocenters. The lowest BCUT2D eigenvalue weighted by molar-refractivity contribution is 1.07. The predicted molar refractivity (Wildman–Crippen MR) is 169 cm³/mol. The number of nitrogens with zero attached hydrogens (tertiary/aromatic N) is 4. The van der Waals surface area contributed by atoms with Crippen LogP contribution >= 0.6 is 11.3 Å². The molecule has 4 nitrogen and oxygen atoms in total. The number of rotatable bonds is 4. The van der Waals surface area contributed by atoms with E-state index in [1.165, 1.54) is 25.9 Å². The van der Waals surface area contributed by atoms with Crippen LogP contribution in [0.1, 0.15) is 0 Å². The van der Waals surface area contributed by atoms with Crippen molar-refractivity contribution in [2.75, 3.05) is 0 Å².